The Labute approximate surface area is 152 Å². The highest BCUT2D eigenvalue weighted by atomic mass is 16.5. The number of aryl methyl sites for hydroxylation is 1. The van der Waals surface area contributed by atoms with Crippen molar-refractivity contribution in [1.29, 1.82) is 0 Å². The van der Waals surface area contributed by atoms with Crippen molar-refractivity contribution in [2.45, 2.75) is 26.4 Å². The van der Waals surface area contributed by atoms with Crippen LogP contribution in [0.4, 0.5) is 0 Å². The van der Waals surface area contributed by atoms with Crippen LogP contribution in [0.2, 0.25) is 0 Å². The van der Waals surface area contributed by atoms with E-state index in [4.69, 9.17) is 14.6 Å². The van der Waals surface area contributed by atoms with Crippen LogP contribution in [0.3, 0.4) is 0 Å². The lowest BCUT2D eigenvalue weighted by Crippen LogP contribution is -2.11. The summed E-state index contributed by atoms with van der Waals surface area (Å²) in [6.45, 7) is 4.13. The molecule has 0 aliphatic rings. The molecule has 2 rings (SSSR count). The molecule has 0 radical (unpaired) electrons. The van der Waals surface area contributed by atoms with E-state index in [0.29, 0.717) is 17.0 Å². The van der Waals surface area contributed by atoms with Crippen molar-refractivity contribution in [1.82, 2.24) is 4.98 Å². The quantitative estimate of drug-likeness (QED) is 0.529. The molecule has 1 unspecified atom stereocenters. The van der Waals surface area contributed by atoms with Crippen LogP contribution in [-0.2, 0) is 16.0 Å². The average molecular weight is 357 g/mol. The molecule has 0 spiro atoms. The highest BCUT2D eigenvalue weighted by molar-refractivity contribution is 5.89. The van der Waals surface area contributed by atoms with Crippen LogP contribution < -0.4 is 4.74 Å². The molecule has 1 atom stereocenters. The van der Waals surface area contributed by atoms with Gasteiger partial charge in [-0.25, -0.2) is 4.79 Å². The molecule has 1 aromatic carbocycles. The molecule has 0 saturated carbocycles. The van der Waals surface area contributed by atoms with E-state index in [1.54, 1.807) is 43.5 Å². The molecular formula is C20H23NO5. The van der Waals surface area contributed by atoms with Gasteiger partial charge in [0.05, 0.1) is 12.3 Å². The fourth-order valence-corrected chi connectivity index (χ4v) is 2.24. The first-order valence-electron chi connectivity index (χ1n) is 8.47. The molecule has 0 saturated heterocycles. The third kappa shape index (κ3) is 5.60. The number of nitrogens with zero attached hydrogens (tertiary/aromatic N) is 1. The number of aliphatic carboxylic acids is 1. The molecule has 26 heavy (non-hydrogen) atoms. The Morgan fingerprint density at radius 2 is 1.92 bits per heavy atom. The minimum absolute atomic E-state index is 0.0764. The van der Waals surface area contributed by atoms with Gasteiger partial charge >= 0.3 is 5.97 Å². The first-order chi connectivity index (χ1) is 12.5. The smallest absolute Gasteiger partial charge is 0.371 e. The van der Waals surface area contributed by atoms with Crippen LogP contribution >= 0.6 is 0 Å². The third-order valence-corrected chi connectivity index (χ3v) is 3.69. The average Bonchev–Trinajstić information content (AvgIpc) is 2.66. The van der Waals surface area contributed by atoms with Gasteiger partial charge in [0, 0.05) is 6.20 Å². The van der Waals surface area contributed by atoms with Crippen molar-refractivity contribution in [3.63, 3.8) is 0 Å². The summed E-state index contributed by atoms with van der Waals surface area (Å²) in [6, 6.07) is 10.6. The fourth-order valence-electron chi connectivity index (χ4n) is 2.24. The Morgan fingerprint density at radius 1 is 1.19 bits per heavy atom. The molecule has 6 heteroatoms. The summed E-state index contributed by atoms with van der Waals surface area (Å²) in [4.78, 5) is 15.3. The second kappa shape index (κ2) is 9.58. The van der Waals surface area contributed by atoms with E-state index < -0.39 is 12.1 Å². The molecule has 0 aliphatic carbocycles. The normalized spacial score (nSPS) is 12.5. The van der Waals surface area contributed by atoms with E-state index in [2.05, 4.69) is 4.98 Å². The standard InChI is InChI=1S/C20H23NO5/c1-3-14-7-10-17(21-12-14)18(22)13-26-16-8-5-15(6-9-16)11-19(20(23)24)25-4-2/h5-12,18,22H,3-4,13H2,1-2H3,(H,23,24). The van der Waals surface area contributed by atoms with Gasteiger partial charge in [-0.1, -0.05) is 25.1 Å². The number of aliphatic hydroxyl groups is 1. The van der Waals surface area contributed by atoms with E-state index >= 15 is 0 Å². The highest BCUT2D eigenvalue weighted by Gasteiger charge is 2.11. The summed E-state index contributed by atoms with van der Waals surface area (Å²) in [6.07, 6.45) is 3.27. The lowest BCUT2D eigenvalue weighted by molar-refractivity contribution is -0.136. The lowest BCUT2D eigenvalue weighted by Gasteiger charge is -2.12. The molecule has 0 aliphatic heterocycles. The van der Waals surface area contributed by atoms with E-state index in [1.807, 2.05) is 13.0 Å². The molecule has 1 aromatic heterocycles. The van der Waals surface area contributed by atoms with Crippen molar-refractivity contribution in [2.24, 2.45) is 0 Å². The maximum Gasteiger partial charge on any atom is 0.371 e. The summed E-state index contributed by atoms with van der Waals surface area (Å²) >= 11 is 0. The van der Waals surface area contributed by atoms with Crippen LogP contribution in [0.5, 0.6) is 5.75 Å². The number of carbonyl (C=O) groups is 1. The van der Waals surface area contributed by atoms with Gasteiger partial charge in [0.25, 0.3) is 0 Å². The van der Waals surface area contributed by atoms with E-state index in [9.17, 15) is 9.90 Å². The minimum atomic E-state index is -1.11. The van der Waals surface area contributed by atoms with Gasteiger partial charge in [-0.15, -0.1) is 0 Å². The molecule has 0 fully saturated rings. The second-order valence-corrected chi connectivity index (χ2v) is 5.59. The predicted octanol–water partition coefficient (Wildman–Crippen LogP) is 3.22. The highest BCUT2D eigenvalue weighted by Crippen LogP contribution is 2.18. The number of carboxylic acid groups (broad SMARTS) is 1. The fraction of sp³-hybridized carbons (Fsp3) is 0.300. The second-order valence-electron chi connectivity index (χ2n) is 5.59. The van der Waals surface area contributed by atoms with Gasteiger partial charge in [0.1, 0.15) is 18.5 Å². The van der Waals surface area contributed by atoms with Gasteiger partial charge in [0.15, 0.2) is 0 Å². The molecule has 6 nitrogen and oxygen atoms in total. The molecule has 0 amide bonds. The first-order valence-corrected chi connectivity index (χ1v) is 8.47. The van der Waals surface area contributed by atoms with Crippen LogP contribution in [0.1, 0.15) is 36.8 Å². The number of rotatable bonds is 9. The van der Waals surface area contributed by atoms with Crippen molar-refractivity contribution < 1.29 is 24.5 Å². The summed E-state index contributed by atoms with van der Waals surface area (Å²) in [5.74, 6) is -0.658. The van der Waals surface area contributed by atoms with Crippen molar-refractivity contribution in [3.05, 3.63) is 65.2 Å². The topological polar surface area (TPSA) is 88.9 Å². The number of aromatic nitrogens is 1. The van der Waals surface area contributed by atoms with Crippen molar-refractivity contribution in [3.8, 4) is 5.75 Å². The zero-order chi connectivity index (χ0) is 18.9. The van der Waals surface area contributed by atoms with Gasteiger partial charge in [-0.2, -0.15) is 0 Å². The van der Waals surface area contributed by atoms with Crippen molar-refractivity contribution >= 4 is 12.0 Å². The number of carboxylic acids is 1. The molecule has 2 N–H and O–H groups in total. The number of benzene rings is 1. The van der Waals surface area contributed by atoms with Gasteiger partial charge in [-0.05, 0) is 48.7 Å². The number of pyridine rings is 1. The van der Waals surface area contributed by atoms with Gasteiger partial charge in [0.2, 0.25) is 5.76 Å². The van der Waals surface area contributed by atoms with Gasteiger partial charge in [-0.3, -0.25) is 4.98 Å². The van der Waals surface area contributed by atoms with E-state index in [0.717, 1.165) is 12.0 Å². The van der Waals surface area contributed by atoms with E-state index in [-0.39, 0.29) is 19.0 Å². The van der Waals surface area contributed by atoms with Crippen LogP contribution in [-0.4, -0.2) is 34.4 Å². The maximum atomic E-state index is 11.1. The summed E-state index contributed by atoms with van der Waals surface area (Å²) < 4.78 is 10.6. The minimum Gasteiger partial charge on any atom is -0.490 e. The Kier molecular flexibility index (Phi) is 7.17. The number of ether oxygens (including phenoxy) is 2. The van der Waals surface area contributed by atoms with Crippen LogP contribution in [0.15, 0.2) is 48.4 Å². The number of hydrogen-bond donors (Lipinski definition) is 2. The first kappa shape index (κ1) is 19.5. The van der Waals surface area contributed by atoms with E-state index in [1.165, 1.54) is 6.08 Å². The van der Waals surface area contributed by atoms with Gasteiger partial charge < -0.3 is 19.7 Å². The van der Waals surface area contributed by atoms with Crippen molar-refractivity contribution in [2.75, 3.05) is 13.2 Å². The third-order valence-electron chi connectivity index (χ3n) is 3.69. The molecular weight excluding hydrogens is 334 g/mol. The SMILES string of the molecule is CCOC(=Cc1ccc(OCC(O)c2ccc(CC)cn2)cc1)C(=O)O. The lowest BCUT2D eigenvalue weighted by atomic mass is 10.1. The number of hydrogen-bond acceptors (Lipinski definition) is 5. The van der Waals surface area contributed by atoms with Crippen LogP contribution in [0.25, 0.3) is 6.08 Å². The Hall–Kier alpha value is -2.86. The Morgan fingerprint density at radius 3 is 2.46 bits per heavy atom. The molecule has 138 valence electrons. The number of aliphatic hydroxyl groups excluding tert-OH is 1. The molecule has 1 heterocycles. The molecule has 0 bridgehead atoms. The zero-order valence-electron chi connectivity index (χ0n) is 14.9. The summed E-state index contributed by atoms with van der Waals surface area (Å²) in [7, 11) is 0. The summed E-state index contributed by atoms with van der Waals surface area (Å²) in [5, 5.41) is 19.2. The maximum absolute atomic E-state index is 11.1. The van der Waals surface area contributed by atoms with Crippen LogP contribution in [0, 0.1) is 0 Å². The summed E-state index contributed by atoms with van der Waals surface area (Å²) in [5.41, 5.74) is 2.35. The Bertz CT molecular complexity index is 738. The predicted molar refractivity (Wildman–Crippen MR) is 97.8 cm³/mol. The molecule has 2 aromatic rings. The zero-order valence-corrected chi connectivity index (χ0v) is 14.9. The monoisotopic (exact) mass is 357 g/mol. The largest absolute Gasteiger partial charge is 0.490 e. The Balaban J connectivity index is 1.96.